The average molecular weight is 528 g/mol. The third kappa shape index (κ3) is 6.58. The van der Waals surface area contributed by atoms with Crippen molar-refractivity contribution < 1.29 is 19.3 Å². The minimum Gasteiger partial charge on any atom is -0.439 e. The van der Waals surface area contributed by atoms with Crippen molar-refractivity contribution in [2.45, 2.75) is 13.1 Å². The fourth-order valence-corrected chi connectivity index (χ4v) is 3.56. The zero-order valence-electron chi connectivity index (χ0n) is 19.4. The van der Waals surface area contributed by atoms with Gasteiger partial charge in [-0.05, 0) is 48.0 Å². The molecule has 0 unspecified atom stereocenters. The lowest BCUT2D eigenvalue weighted by atomic mass is 10.2. The standard InChI is InChI=1S/C25H23ClFN5O5/c26-18-6-4-16(5-7-18)12-31-23(30-24(35)32(25(31)36)13-17(14-33)15-34)28-19-8-10-20(11-9-19)37-22-3-1-2-21(27)29-22/h1-11,17,33-34H,12-15H2,(H,28,30,35). The van der Waals surface area contributed by atoms with Crippen LogP contribution >= 0.6 is 11.6 Å². The lowest BCUT2D eigenvalue weighted by Gasteiger charge is -2.17. The number of aliphatic hydroxyl groups excluding tert-OH is 2. The zero-order chi connectivity index (χ0) is 26.4. The van der Waals surface area contributed by atoms with E-state index >= 15 is 0 Å². The van der Waals surface area contributed by atoms with Crippen LogP contribution in [0.15, 0.2) is 76.3 Å². The van der Waals surface area contributed by atoms with E-state index in [-0.39, 0.29) is 24.9 Å². The van der Waals surface area contributed by atoms with Crippen LogP contribution in [-0.2, 0) is 13.1 Å². The van der Waals surface area contributed by atoms with E-state index in [9.17, 15) is 24.2 Å². The number of anilines is 2. The van der Waals surface area contributed by atoms with E-state index in [2.05, 4.69) is 15.3 Å². The Morgan fingerprint density at radius 2 is 1.65 bits per heavy atom. The molecule has 4 aromatic rings. The van der Waals surface area contributed by atoms with Crippen molar-refractivity contribution in [2.75, 3.05) is 18.5 Å². The van der Waals surface area contributed by atoms with Crippen molar-refractivity contribution in [3.8, 4) is 11.6 Å². The summed E-state index contributed by atoms with van der Waals surface area (Å²) < 4.78 is 21.0. The molecule has 2 aromatic carbocycles. The third-order valence-electron chi connectivity index (χ3n) is 5.38. The van der Waals surface area contributed by atoms with Gasteiger partial charge in [-0.3, -0.25) is 4.57 Å². The Bertz CT molecular complexity index is 1470. The normalized spacial score (nSPS) is 11.1. The molecule has 0 bridgehead atoms. The number of nitrogens with zero attached hydrogens (tertiary/aromatic N) is 4. The molecule has 0 fully saturated rings. The van der Waals surface area contributed by atoms with Gasteiger partial charge in [0.15, 0.2) is 0 Å². The lowest BCUT2D eigenvalue weighted by Crippen LogP contribution is -2.44. The molecule has 0 amide bonds. The van der Waals surface area contributed by atoms with E-state index in [0.29, 0.717) is 16.5 Å². The number of benzene rings is 2. The molecule has 0 aliphatic rings. The maximum absolute atomic E-state index is 13.3. The molecule has 4 rings (SSSR count). The smallest absolute Gasteiger partial charge is 0.354 e. The Morgan fingerprint density at radius 3 is 2.30 bits per heavy atom. The maximum atomic E-state index is 13.3. The third-order valence-corrected chi connectivity index (χ3v) is 5.64. The van der Waals surface area contributed by atoms with Gasteiger partial charge in [-0.25, -0.2) is 14.2 Å². The number of halogens is 2. The fourth-order valence-electron chi connectivity index (χ4n) is 3.43. The number of hydrogen-bond acceptors (Lipinski definition) is 8. The molecule has 0 spiro atoms. The topological polar surface area (TPSA) is 132 Å². The van der Waals surface area contributed by atoms with Crippen LogP contribution in [0.5, 0.6) is 11.6 Å². The van der Waals surface area contributed by atoms with Gasteiger partial charge in [0.25, 0.3) is 0 Å². The molecule has 0 radical (unpaired) electrons. The first kappa shape index (κ1) is 26.0. The highest BCUT2D eigenvalue weighted by molar-refractivity contribution is 6.30. The quantitative estimate of drug-likeness (QED) is 0.268. The van der Waals surface area contributed by atoms with Crippen LogP contribution in [0.25, 0.3) is 0 Å². The summed E-state index contributed by atoms with van der Waals surface area (Å²) in [6, 6.07) is 17.5. The van der Waals surface area contributed by atoms with E-state index in [4.69, 9.17) is 16.3 Å². The zero-order valence-corrected chi connectivity index (χ0v) is 20.2. The van der Waals surface area contributed by atoms with Gasteiger partial charge in [0.2, 0.25) is 17.8 Å². The van der Waals surface area contributed by atoms with Crippen LogP contribution in [0.1, 0.15) is 5.56 Å². The SMILES string of the molecule is O=c1nc(Nc2ccc(Oc3cccc(F)n3)cc2)n(Cc2ccc(Cl)cc2)c(=O)n1CC(CO)CO. The predicted molar refractivity (Wildman–Crippen MR) is 135 cm³/mol. The van der Waals surface area contributed by atoms with Crippen molar-refractivity contribution in [3.63, 3.8) is 0 Å². The largest absolute Gasteiger partial charge is 0.439 e. The second kappa shape index (κ2) is 11.8. The summed E-state index contributed by atoms with van der Waals surface area (Å²) in [4.78, 5) is 33.7. The molecule has 10 nitrogen and oxygen atoms in total. The van der Waals surface area contributed by atoms with Crippen LogP contribution in [-0.4, -0.2) is 42.5 Å². The molecule has 0 atom stereocenters. The highest BCUT2D eigenvalue weighted by Crippen LogP contribution is 2.23. The van der Waals surface area contributed by atoms with Crippen LogP contribution in [0, 0.1) is 11.9 Å². The first-order valence-electron chi connectivity index (χ1n) is 11.2. The summed E-state index contributed by atoms with van der Waals surface area (Å²) in [6.07, 6.45) is 0. The number of aliphatic hydroxyl groups is 2. The molecular formula is C25H23ClFN5O5. The molecule has 0 aliphatic carbocycles. The lowest BCUT2D eigenvalue weighted by molar-refractivity contribution is 0.134. The van der Waals surface area contributed by atoms with E-state index in [1.807, 2.05) is 0 Å². The Hall–Kier alpha value is -4.06. The molecule has 2 aromatic heterocycles. The molecular weight excluding hydrogens is 505 g/mol. The Kier molecular flexibility index (Phi) is 8.29. The van der Waals surface area contributed by atoms with Gasteiger partial charge in [-0.1, -0.05) is 29.8 Å². The van der Waals surface area contributed by atoms with Gasteiger partial charge < -0.3 is 20.3 Å². The van der Waals surface area contributed by atoms with Gasteiger partial charge in [-0.15, -0.1) is 0 Å². The van der Waals surface area contributed by atoms with Crippen LogP contribution in [0.2, 0.25) is 5.02 Å². The number of nitrogens with one attached hydrogen (secondary N) is 1. The summed E-state index contributed by atoms with van der Waals surface area (Å²) in [5.74, 6) is -0.891. The Balaban J connectivity index is 1.65. The van der Waals surface area contributed by atoms with Crippen molar-refractivity contribution in [3.05, 3.63) is 104 Å². The van der Waals surface area contributed by atoms with Gasteiger partial charge >= 0.3 is 11.4 Å². The molecule has 192 valence electrons. The highest BCUT2D eigenvalue weighted by atomic mass is 35.5. The monoisotopic (exact) mass is 527 g/mol. The molecule has 3 N–H and O–H groups in total. The first-order chi connectivity index (χ1) is 17.9. The van der Waals surface area contributed by atoms with Gasteiger partial charge in [0.05, 0.1) is 6.54 Å². The summed E-state index contributed by atoms with van der Waals surface area (Å²) >= 11 is 5.97. The van der Waals surface area contributed by atoms with Crippen molar-refractivity contribution >= 4 is 23.2 Å². The maximum Gasteiger partial charge on any atom is 0.354 e. The van der Waals surface area contributed by atoms with Gasteiger partial charge in [-0.2, -0.15) is 14.4 Å². The number of aromatic nitrogens is 4. The van der Waals surface area contributed by atoms with E-state index in [1.54, 1.807) is 48.5 Å². The number of rotatable bonds is 10. The van der Waals surface area contributed by atoms with E-state index < -0.39 is 36.5 Å². The first-order valence-corrected chi connectivity index (χ1v) is 11.6. The Morgan fingerprint density at radius 1 is 0.946 bits per heavy atom. The fraction of sp³-hybridized carbons (Fsp3) is 0.200. The van der Waals surface area contributed by atoms with Crippen molar-refractivity contribution in [2.24, 2.45) is 5.92 Å². The summed E-state index contributed by atoms with van der Waals surface area (Å²) in [6.45, 7) is -0.933. The summed E-state index contributed by atoms with van der Waals surface area (Å²) in [7, 11) is 0. The number of pyridine rings is 1. The molecule has 12 heteroatoms. The van der Waals surface area contributed by atoms with Crippen LogP contribution in [0.3, 0.4) is 0 Å². The minimum absolute atomic E-state index is 0.00814. The second-order valence-corrected chi connectivity index (χ2v) is 8.54. The molecule has 0 aliphatic heterocycles. The van der Waals surface area contributed by atoms with Gasteiger partial charge in [0, 0.05) is 42.5 Å². The highest BCUT2D eigenvalue weighted by Gasteiger charge is 2.17. The predicted octanol–water partition coefficient (Wildman–Crippen LogP) is 2.78. The van der Waals surface area contributed by atoms with Crippen molar-refractivity contribution in [1.82, 2.24) is 19.1 Å². The molecule has 37 heavy (non-hydrogen) atoms. The van der Waals surface area contributed by atoms with E-state index in [1.165, 1.54) is 22.8 Å². The number of ether oxygens (including phenoxy) is 1. The summed E-state index contributed by atoms with van der Waals surface area (Å²) in [5.41, 5.74) is -0.267. The average Bonchev–Trinajstić information content (AvgIpc) is 2.89. The number of hydrogen-bond donors (Lipinski definition) is 3. The molecule has 2 heterocycles. The summed E-state index contributed by atoms with van der Waals surface area (Å²) in [5, 5.41) is 22.3. The van der Waals surface area contributed by atoms with Gasteiger partial charge in [0.1, 0.15) is 5.75 Å². The van der Waals surface area contributed by atoms with Crippen LogP contribution in [0.4, 0.5) is 16.0 Å². The second-order valence-electron chi connectivity index (χ2n) is 8.10. The molecule has 0 saturated heterocycles. The minimum atomic E-state index is -0.830. The molecule has 0 saturated carbocycles. The van der Waals surface area contributed by atoms with Crippen molar-refractivity contribution in [1.29, 1.82) is 0 Å². The Labute approximate surface area is 215 Å². The van der Waals surface area contributed by atoms with Crippen LogP contribution < -0.4 is 21.4 Å². The van der Waals surface area contributed by atoms with E-state index in [0.717, 1.165) is 10.1 Å².